The highest BCUT2D eigenvalue weighted by molar-refractivity contribution is 4.79. The third-order valence-corrected chi connectivity index (χ3v) is 3.76. The van der Waals surface area contributed by atoms with E-state index in [1.54, 1.807) is 0 Å². The van der Waals surface area contributed by atoms with Gasteiger partial charge in [0.1, 0.15) is 0 Å². The molecule has 0 aliphatic carbocycles. The van der Waals surface area contributed by atoms with Crippen LogP contribution in [-0.2, 0) is 4.74 Å². The van der Waals surface area contributed by atoms with Crippen molar-refractivity contribution in [1.82, 2.24) is 10.2 Å². The highest BCUT2D eigenvalue weighted by atomic mass is 16.5. The molecule has 0 saturated carbocycles. The number of methoxy groups -OCH3 is 1. The number of piperidine rings is 1. The summed E-state index contributed by atoms with van der Waals surface area (Å²) in [5.41, 5.74) is 0. The first-order valence-electron chi connectivity index (χ1n) is 6.57. The minimum Gasteiger partial charge on any atom is -0.384 e. The summed E-state index contributed by atoms with van der Waals surface area (Å²) in [6.45, 7) is 8.00. The fraction of sp³-hybridized carbons (Fsp3) is 1.00. The number of nitrogens with one attached hydrogen (secondary N) is 1. The minimum atomic E-state index is 0.609. The molecule has 1 saturated heterocycles. The molecule has 96 valence electrons. The number of ether oxygens (including phenoxy) is 1. The fourth-order valence-corrected chi connectivity index (χ4v) is 2.65. The average Bonchev–Trinajstić information content (AvgIpc) is 2.29. The minimum absolute atomic E-state index is 0.609. The van der Waals surface area contributed by atoms with Crippen molar-refractivity contribution in [2.45, 2.75) is 45.2 Å². The van der Waals surface area contributed by atoms with E-state index in [0.29, 0.717) is 12.1 Å². The van der Waals surface area contributed by atoms with E-state index in [0.717, 1.165) is 12.5 Å². The zero-order valence-corrected chi connectivity index (χ0v) is 11.3. The molecule has 0 aromatic rings. The molecule has 0 bridgehead atoms. The molecule has 3 atom stereocenters. The first kappa shape index (κ1) is 13.9. The number of nitrogens with zero attached hydrogens (tertiary/aromatic N) is 1. The Morgan fingerprint density at radius 2 is 2.19 bits per heavy atom. The maximum Gasteiger partial charge on any atom is 0.0502 e. The van der Waals surface area contributed by atoms with Crippen molar-refractivity contribution in [1.29, 1.82) is 0 Å². The van der Waals surface area contributed by atoms with Crippen molar-refractivity contribution in [3.05, 3.63) is 0 Å². The summed E-state index contributed by atoms with van der Waals surface area (Å²) in [7, 11) is 3.85. The van der Waals surface area contributed by atoms with Gasteiger partial charge in [0, 0.05) is 25.7 Å². The van der Waals surface area contributed by atoms with E-state index in [1.807, 2.05) is 14.2 Å². The van der Waals surface area contributed by atoms with Crippen LogP contribution in [0.15, 0.2) is 0 Å². The second-order valence-corrected chi connectivity index (χ2v) is 5.23. The van der Waals surface area contributed by atoms with Crippen LogP contribution in [0.2, 0.25) is 0 Å². The molecular weight excluding hydrogens is 200 g/mol. The molecule has 0 aromatic heterocycles. The molecule has 0 radical (unpaired) electrons. The summed E-state index contributed by atoms with van der Waals surface area (Å²) in [6, 6.07) is 1.29. The molecule has 0 aromatic carbocycles. The van der Waals surface area contributed by atoms with Crippen LogP contribution in [-0.4, -0.2) is 50.8 Å². The van der Waals surface area contributed by atoms with Gasteiger partial charge in [-0.1, -0.05) is 0 Å². The third-order valence-electron chi connectivity index (χ3n) is 3.76. The molecule has 1 fully saturated rings. The van der Waals surface area contributed by atoms with Gasteiger partial charge < -0.3 is 15.0 Å². The van der Waals surface area contributed by atoms with Crippen molar-refractivity contribution < 1.29 is 4.74 Å². The highest BCUT2D eigenvalue weighted by Crippen LogP contribution is 2.20. The zero-order valence-electron chi connectivity index (χ0n) is 11.3. The summed E-state index contributed by atoms with van der Waals surface area (Å²) >= 11 is 0. The van der Waals surface area contributed by atoms with Crippen LogP contribution < -0.4 is 5.32 Å². The molecule has 1 N–H and O–H groups in total. The first-order valence-corrected chi connectivity index (χ1v) is 6.57. The predicted molar refractivity (Wildman–Crippen MR) is 68.8 cm³/mol. The van der Waals surface area contributed by atoms with Crippen LogP contribution in [0.1, 0.15) is 33.1 Å². The van der Waals surface area contributed by atoms with E-state index >= 15 is 0 Å². The van der Waals surface area contributed by atoms with Crippen molar-refractivity contribution in [3.8, 4) is 0 Å². The van der Waals surface area contributed by atoms with Gasteiger partial charge >= 0.3 is 0 Å². The van der Waals surface area contributed by atoms with Gasteiger partial charge in [0.2, 0.25) is 0 Å². The van der Waals surface area contributed by atoms with Gasteiger partial charge in [-0.2, -0.15) is 0 Å². The monoisotopic (exact) mass is 228 g/mol. The lowest BCUT2D eigenvalue weighted by atomic mass is 9.96. The molecule has 3 unspecified atom stereocenters. The highest BCUT2D eigenvalue weighted by Gasteiger charge is 2.23. The van der Waals surface area contributed by atoms with Crippen LogP contribution in [0.3, 0.4) is 0 Å². The quantitative estimate of drug-likeness (QED) is 0.749. The summed E-state index contributed by atoms with van der Waals surface area (Å²) in [5, 5.41) is 3.32. The molecule has 1 rings (SSSR count). The normalized spacial score (nSPS) is 26.6. The Labute approximate surface area is 101 Å². The van der Waals surface area contributed by atoms with Gasteiger partial charge in [0.15, 0.2) is 0 Å². The van der Waals surface area contributed by atoms with E-state index in [9.17, 15) is 0 Å². The molecule has 0 spiro atoms. The van der Waals surface area contributed by atoms with Crippen LogP contribution in [0.25, 0.3) is 0 Å². The van der Waals surface area contributed by atoms with Gasteiger partial charge in [-0.3, -0.25) is 0 Å². The van der Waals surface area contributed by atoms with Gasteiger partial charge in [0.05, 0.1) is 6.61 Å². The second kappa shape index (κ2) is 7.25. The van der Waals surface area contributed by atoms with Crippen LogP contribution in [0, 0.1) is 5.92 Å². The summed E-state index contributed by atoms with van der Waals surface area (Å²) in [5.74, 6) is 0.742. The Balaban J connectivity index is 2.34. The van der Waals surface area contributed by atoms with Gasteiger partial charge in [-0.25, -0.2) is 0 Å². The van der Waals surface area contributed by atoms with Crippen molar-refractivity contribution in [3.63, 3.8) is 0 Å². The topological polar surface area (TPSA) is 24.5 Å². The lowest BCUT2D eigenvalue weighted by Gasteiger charge is -2.37. The lowest BCUT2D eigenvalue weighted by Crippen LogP contribution is -2.44. The molecule has 3 nitrogen and oxygen atoms in total. The van der Waals surface area contributed by atoms with Crippen molar-refractivity contribution >= 4 is 0 Å². The SMILES string of the molecule is CNC(C)CC(C)N1CCCC(COC)C1. The van der Waals surface area contributed by atoms with E-state index in [-0.39, 0.29) is 0 Å². The number of hydrogen-bond donors (Lipinski definition) is 1. The Hall–Kier alpha value is -0.120. The standard InChI is InChI=1S/C13H28N2O/c1-11(14-3)8-12(2)15-7-5-6-13(9-15)10-16-4/h11-14H,5-10H2,1-4H3. The maximum atomic E-state index is 5.27. The molecule has 16 heavy (non-hydrogen) atoms. The Kier molecular flexibility index (Phi) is 6.32. The lowest BCUT2D eigenvalue weighted by molar-refractivity contribution is 0.0681. The van der Waals surface area contributed by atoms with Crippen molar-refractivity contribution in [2.75, 3.05) is 33.9 Å². The fourth-order valence-electron chi connectivity index (χ4n) is 2.65. The smallest absolute Gasteiger partial charge is 0.0502 e. The molecule has 3 heteroatoms. The van der Waals surface area contributed by atoms with Gasteiger partial charge in [-0.05, 0) is 52.6 Å². The van der Waals surface area contributed by atoms with Crippen molar-refractivity contribution in [2.24, 2.45) is 5.92 Å². The van der Waals surface area contributed by atoms with Crippen LogP contribution in [0.5, 0.6) is 0 Å². The van der Waals surface area contributed by atoms with Crippen LogP contribution in [0.4, 0.5) is 0 Å². The number of rotatable bonds is 6. The predicted octanol–water partition coefficient (Wildman–Crippen LogP) is 1.73. The first-order chi connectivity index (χ1) is 7.67. The number of likely N-dealkylation sites (tertiary alicyclic amines) is 1. The van der Waals surface area contributed by atoms with E-state index in [2.05, 4.69) is 24.1 Å². The average molecular weight is 228 g/mol. The van der Waals surface area contributed by atoms with Gasteiger partial charge in [0.25, 0.3) is 0 Å². The Morgan fingerprint density at radius 3 is 2.81 bits per heavy atom. The largest absolute Gasteiger partial charge is 0.384 e. The summed E-state index contributed by atoms with van der Waals surface area (Å²) in [4.78, 5) is 2.63. The molecular formula is C13H28N2O. The third kappa shape index (κ3) is 4.40. The second-order valence-electron chi connectivity index (χ2n) is 5.23. The Bertz CT molecular complexity index is 185. The van der Waals surface area contributed by atoms with E-state index < -0.39 is 0 Å². The molecule has 0 amide bonds. The number of hydrogen-bond acceptors (Lipinski definition) is 3. The van der Waals surface area contributed by atoms with Crippen LogP contribution >= 0.6 is 0 Å². The molecule has 1 aliphatic heterocycles. The Morgan fingerprint density at radius 1 is 1.44 bits per heavy atom. The molecule has 1 aliphatic rings. The van der Waals surface area contributed by atoms with E-state index in [1.165, 1.54) is 32.4 Å². The molecule has 1 heterocycles. The van der Waals surface area contributed by atoms with E-state index in [4.69, 9.17) is 4.74 Å². The zero-order chi connectivity index (χ0) is 12.0. The summed E-state index contributed by atoms with van der Waals surface area (Å²) < 4.78 is 5.27. The maximum absolute atomic E-state index is 5.27. The summed E-state index contributed by atoms with van der Waals surface area (Å²) in [6.07, 6.45) is 3.89. The van der Waals surface area contributed by atoms with Gasteiger partial charge in [-0.15, -0.1) is 0 Å².